The Labute approximate surface area is 137 Å². The predicted octanol–water partition coefficient (Wildman–Crippen LogP) is 2.98. The first-order valence-corrected chi connectivity index (χ1v) is 8.85. The van der Waals surface area contributed by atoms with E-state index in [9.17, 15) is 0 Å². The van der Waals surface area contributed by atoms with Crippen LogP contribution in [0.2, 0.25) is 0 Å². The van der Waals surface area contributed by atoms with Crippen LogP contribution < -0.4 is 5.32 Å². The van der Waals surface area contributed by atoms with Gasteiger partial charge in [-0.25, -0.2) is 0 Å². The van der Waals surface area contributed by atoms with Crippen LogP contribution in [0.4, 0.5) is 0 Å². The minimum absolute atomic E-state index is 0.154. The van der Waals surface area contributed by atoms with Crippen molar-refractivity contribution in [2.45, 2.75) is 65.1 Å². The lowest BCUT2D eigenvalue weighted by Crippen LogP contribution is -2.57. The fraction of sp³-hybridized carbons (Fsp3) is 0.812. The van der Waals surface area contributed by atoms with Crippen molar-refractivity contribution in [2.75, 3.05) is 20.1 Å². The van der Waals surface area contributed by atoms with Gasteiger partial charge in [-0.1, -0.05) is 0 Å². The van der Waals surface area contributed by atoms with E-state index in [1.165, 1.54) is 36.1 Å². The fourth-order valence-corrected chi connectivity index (χ4v) is 3.92. The van der Waals surface area contributed by atoms with Crippen LogP contribution in [0.5, 0.6) is 0 Å². The summed E-state index contributed by atoms with van der Waals surface area (Å²) in [5, 5.41) is 8.18. The third kappa shape index (κ3) is 3.35. The number of hydrogen-bond acceptors (Lipinski definition) is 3. The van der Waals surface area contributed by atoms with Gasteiger partial charge in [0.15, 0.2) is 0 Å². The molecular weight excluding hydrogens is 328 g/mol. The zero-order valence-electron chi connectivity index (χ0n) is 14.0. The highest BCUT2D eigenvalue weighted by atomic mass is 79.9. The van der Waals surface area contributed by atoms with E-state index in [-0.39, 0.29) is 5.54 Å². The van der Waals surface area contributed by atoms with Crippen LogP contribution in [-0.2, 0) is 13.0 Å². The molecule has 21 heavy (non-hydrogen) atoms. The molecule has 1 saturated heterocycles. The number of likely N-dealkylation sites (N-methyl/N-ethyl adjacent to an activating group) is 1. The number of nitrogens with one attached hydrogen (secondary N) is 1. The van der Waals surface area contributed by atoms with Crippen LogP contribution in [0.1, 0.15) is 45.0 Å². The van der Waals surface area contributed by atoms with Gasteiger partial charge in [0.1, 0.15) is 0 Å². The third-order valence-corrected chi connectivity index (χ3v) is 6.00. The molecule has 4 nitrogen and oxygen atoms in total. The molecule has 1 atom stereocenters. The quantitative estimate of drug-likeness (QED) is 0.850. The highest BCUT2D eigenvalue weighted by Gasteiger charge is 2.36. The average Bonchev–Trinajstić information content (AvgIpc) is 3.07. The second-order valence-corrected chi connectivity index (χ2v) is 7.35. The molecule has 2 heterocycles. The van der Waals surface area contributed by atoms with Crippen LogP contribution in [-0.4, -0.2) is 46.4 Å². The van der Waals surface area contributed by atoms with Crippen LogP contribution >= 0.6 is 15.9 Å². The molecule has 2 rings (SSSR count). The Morgan fingerprint density at radius 3 is 2.48 bits per heavy atom. The van der Waals surface area contributed by atoms with E-state index in [0.717, 1.165) is 18.7 Å². The van der Waals surface area contributed by atoms with Gasteiger partial charge >= 0.3 is 0 Å². The summed E-state index contributed by atoms with van der Waals surface area (Å²) in [7, 11) is 2.08. The van der Waals surface area contributed by atoms with Gasteiger partial charge < -0.3 is 5.32 Å². The lowest BCUT2D eigenvalue weighted by molar-refractivity contribution is 0.109. The van der Waals surface area contributed by atoms with Gasteiger partial charge in [-0.15, -0.1) is 0 Å². The summed E-state index contributed by atoms with van der Waals surface area (Å²) in [4.78, 5) is 2.63. The molecule has 0 aromatic carbocycles. The summed E-state index contributed by atoms with van der Waals surface area (Å²) in [6.45, 7) is 12.3. The molecule has 1 aliphatic heterocycles. The monoisotopic (exact) mass is 356 g/mol. The van der Waals surface area contributed by atoms with Gasteiger partial charge in [0.05, 0.1) is 15.9 Å². The molecule has 120 valence electrons. The van der Waals surface area contributed by atoms with Gasteiger partial charge in [0.2, 0.25) is 0 Å². The van der Waals surface area contributed by atoms with Crippen molar-refractivity contribution in [3.63, 3.8) is 0 Å². The highest BCUT2D eigenvalue weighted by molar-refractivity contribution is 9.10. The molecule has 1 fully saturated rings. The number of aryl methyl sites for hydroxylation is 2. The van der Waals surface area contributed by atoms with Crippen LogP contribution in [0.15, 0.2) is 4.47 Å². The van der Waals surface area contributed by atoms with E-state index in [1.54, 1.807) is 0 Å². The minimum atomic E-state index is 0.154. The Kier molecular flexibility index (Phi) is 5.49. The Morgan fingerprint density at radius 2 is 1.95 bits per heavy atom. The maximum absolute atomic E-state index is 4.62. The molecule has 0 bridgehead atoms. The fourth-order valence-electron chi connectivity index (χ4n) is 3.48. The molecule has 0 radical (unpaired) electrons. The first-order chi connectivity index (χ1) is 9.91. The summed E-state index contributed by atoms with van der Waals surface area (Å²) in [6.07, 6.45) is 3.65. The zero-order chi connectivity index (χ0) is 15.6. The average molecular weight is 357 g/mol. The Balaban J connectivity index is 2.22. The lowest BCUT2D eigenvalue weighted by Gasteiger charge is -2.42. The minimum Gasteiger partial charge on any atom is -0.315 e. The molecule has 0 amide bonds. The van der Waals surface area contributed by atoms with Crippen molar-refractivity contribution in [2.24, 2.45) is 0 Å². The first kappa shape index (κ1) is 17.0. The van der Waals surface area contributed by atoms with E-state index in [1.807, 2.05) is 0 Å². The number of hydrogen-bond donors (Lipinski definition) is 1. The normalized spacial score (nSPS) is 18.4. The Hall–Kier alpha value is -0.390. The van der Waals surface area contributed by atoms with Crippen molar-refractivity contribution in [3.05, 3.63) is 15.9 Å². The number of rotatable bonds is 6. The van der Waals surface area contributed by atoms with Gasteiger partial charge in [-0.05, 0) is 76.6 Å². The molecule has 0 spiro atoms. The van der Waals surface area contributed by atoms with Crippen molar-refractivity contribution in [1.29, 1.82) is 0 Å². The van der Waals surface area contributed by atoms with Crippen molar-refractivity contribution in [3.8, 4) is 0 Å². The number of nitrogens with zero attached hydrogens (tertiary/aromatic N) is 3. The maximum Gasteiger partial charge on any atom is 0.0738 e. The number of aromatic nitrogens is 2. The standard InChI is InChI=1S/C16H29BrN4/c1-6-21-13(15(17)12(2)19-21)11-14(18-5)16(3,4)20-9-7-8-10-20/h14,18H,6-11H2,1-5H3. The highest BCUT2D eigenvalue weighted by Crippen LogP contribution is 2.29. The van der Waals surface area contributed by atoms with E-state index >= 15 is 0 Å². The second-order valence-electron chi connectivity index (χ2n) is 6.56. The topological polar surface area (TPSA) is 33.1 Å². The summed E-state index contributed by atoms with van der Waals surface area (Å²) in [6, 6.07) is 0.410. The van der Waals surface area contributed by atoms with E-state index in [4.69, 9.17) is 0 Å². The predicted molar refractivity (Wildman–Crippen MR) is 91.8 cm³/mol. The van der Waals surface area contributed by atoms with E-state index in [0.29, 0.717) is 6.04 Å². The third-order valence-electron chi connectivity index (χ3n) is 4.97. The van der Waals surface area contributed by atoms with Crippen molar-refractivity contribution in [1.82, 2.24) is 20.0 Å². The lowest BCUT2D eigenvalue weighted by atomic mass is 9.89. The summed E-state index contributed by atoms with van der Waals surface area (Å²) >= 11 is 3.73. The largest absolute Gasteiger partial charge is 0.315 e. The molecule has 0 saturated carbocycles. The summed E-state index contributed by atoms with van der Waals surface area (Å²) in [5.41, 5.74) is 2.55. The smallest absolute Gasteiger partial charge is 0.0738 e. The van der Waals surface area contributed by atoms with Gasteiger partial charge in [0.25, 0.3) is 0 Å². The molecule has 1 aromatic heterocycles. The van der Waals surface area contributed by atoms with E-state index in [2.05, 4.69) is 70.7 Å². The summed E-state index contributed by atoms with van der Waals surface area (Å²) in [5.74, 6) is 0. The SMILES string of the molecule is CCn1nc(C)c(Br)c1CC(NC)C(C)(C)N1CCCC1. The number of halogens is 1. The molecule has 0 aliphatic carbocycles. The maximum atomic E-state index is 4.62. The Bertz CT molecular complexity index is 475. The molecule has 1 aromatic rings. The van der Waals surface area contributed by atoms with Crippen LogP contribution in [0.3, 0.4) is 0 Å². The van der Waals surface area contributed by atoms with Gasteiger partial charge in [0, 0.05) is 24.5 Å². The van der Waals surface area contributed by atoms with Gasteiger partial charge in [-0.2, -0.15) is 5.10 Å². The summed E-state index contributed by atoms with van der Waals surface area (Å²) < 4.78 is 3.30. The van der Waals surface area contributed by atoms with E-state index < -0.39 is 0 Å². The molecule has 1 unspecified atom stereocenters. The second kappa shape index (κ2) is 6.80. The molecule has 1 aliphatic rings. The van der Waals surface area contributed by atoms with Gasteiger partial charge in [-0.3, -0.25) is 9.58 Å². The van der Waals surface area contributed by atoms with Crippen molar-refractivity contribution >= 4 is 15.9 Å². The molecule has 1 N–H and O–H groups in total. The number of likely N-dealkylation sites (tertiary alicyclic amines) is 1. The Morgan fingerprint density at radius 1 is 1.33 bits per heavy atom. The molecule has 5 heteroatoms. The van der Waals surface area contributed by atoms with Crippen LogP contribution in [0, 0.1) is 6.92 Å². The zero-order valence-corrected chi connectivity index (χ0v) is 15.6. The van der Waals surface area contributed by atoms with Crippen molar-refractivity contribution < 1.29 is 0 Å². The molecular formula is C16H29BrN4. The first-order valence-electron chi connectivity index (χ1n) is 8.05. The van der Waals surface area contributed by atoms with Crippen LogP contribution in [0.25, 0.3) is 0 Å².